The van der Waals surface area contributed by atoms with Crippen LogP contribution in [0.5, 0.6) is 11.5 Å². The quantitative estimate of drug-likeness (QED) is 0.325. The van der Waals surface area contributed by atoms with Crippen LogP contribution in [0.1, 0.15) is 31.8 Å². The Kier molecular flexibility index (Phi) is 7.01. The Morgan fingerprint density at radius 3 is 1.38 bits per heavy atom. The Hall–Kier alpha value is -5.00. The molecular weight excluding hydrogens is 452 g/mol. The van der Waals surface area contributed by atoms with Gasteiger partial charge in [-0.3, -0.25) is 20.2 Å². The predicted molar refractivity (Wildman–Crippen MR) is 115 cm³/mol. The van der Waals surface area contributed by atoms with Gasteiger partial charge in [0.05, 0.1) is 21.0 Å². The van der Waals surface area contributed by atoms with Crippen molar-refractivity contribution in [3.63, 3.8) is 0 Å². The number of benzene rings is 3. The van der Waals surface area contributed by atoms with Gasteiger partial charge in [0, 0.05) is 12.1 Å². The molecule has 3 aromatic rings. The zero-order valence-corrected chi connectivity index (χ0v) is 17.2. The summed E-state index contributed by atoms with van der Waals surface area (Å²) < 4.78 is 10.9. The Balaban J connectivity index is 1.94. The fourth-order valence-electron chi connectivity index (χ4n) is 3.07. The van der Waals surface area contributed by atoms with Gasteiger partial charge >= 0.3 is 11.9 Å². The summed E-state index contributed by atoms with van der Waals surface area (Å²) in [7, 11) is 0. The van der Waals surface area contributed by atoms with E-state index in [9.17, 15) is 40.0 Å². The first kappa shape index (κ1) is 23.7. The lowest BCUT2D eigenvalue weighted by atomic mass is 10.1. The molecule has 12 heteroatoms. The molecule has 0 aromatic heterocycles. The fourth-order valence-corrected chi connectivity index (χ4v) is 3.07. The van der Waals surface area contributed by atoms with E-state index in [0.717, 1.165) is 12.1 Å². The van der Waals surface area contributed by atoms with Gasteiger partial charge in [-0.05, 0) is 24.3 Å². The van der Waals surface area contributed by atoms with Crippen LogP contribution in [-0.4, -0.2) is 32.0 Å². The van der Waals surface area contributed by atoms with Gasteiger partial charge < -0.3 is 19.7 Å². The van der Waals surface area contributed by atoms with Crippen molar-refractivity contribution in [2.45, 2.75) is 13.2 Å². The first-order valence-electron chi connectivity index (χ1n) is 9.54. The minimum absolute atomic E-state index is 0.150. The van der Waals surface area contributed by atoms with Crippen LogP contribution in [0.15, 0.2) is 60.7 Å². The second kappa shape index (κ2) is 10.1. The molecule has 0 unspecified atom stereocenters. The van der Waals surface area contributed by atoms with Crippen molar-refractivity contribution >= 4 is 23.3 Å². The number of carbonyl (C=O) groups is 2. The molecule has 0 saturated carbocycles. The number of hydrogen-bond donors (Lipinski definition) is 2. The van der Waals surface area contributed by atoms with Crippen LogP contribution in [0.3, 0.4) is 0 Å². The molecule has 0 spiro atoms. The van der Waals surface area contributed by atoms with E-state index in [2.05, 4.69) is 0 Å². The zero-order chi connectivity index (χ0) is 24.8. The number of carboxylic acid groups (broad SMARTS) is 2. The fraction of sp³-hybridized carbons (Fsp3) is 0.0909. The number of hydrogen-bond acceptors (Lipinski definition) is 8. The molecule has 0 saturated heterocycles. The molecule has 0 amide bonds. The van der Waals surface area contributed by atoms with E-state index in [0.29, 0.717) is 0 Å². The maximum atomic E-state index is 11.8. The van der Waals surface area contributed by atoms with Crippen molar-refractivity contribution < 1.29 is 39.1 Å². The molecule has 0 aliphatic carbocycles. The molecule has 0 aliphatic rings. The molecule has 3 aromatic carbocycles. The average Bonchev–Trinajstić information content (AvgIpc) is 2.81. The number of nitrogens with zero attached hydrogens (tertiary/aromatic N) is 2. The Bertz CT molecular complexity index is 1190. The van der Waals surface area contributed by atoms with Gasteiger partial charge in [-0.2, -0.15) is 0 Å². The highest BCUT2D eigenvalue weighted by atomic mass is 16.6. The van der Waals surface area contributed by atoms with E-state index in [4.69, 9.17) is 9.47 Å². The molecule has 0 fully saturated rings. The molecule has 0 atom stereocenters. The molecule has 34 heavy (non-hydrogen) atoms. The van der Waals surface area contributed by atoms with Crippen molar-refractivity contribution in [3.8, 4) is 11.5 Å². The smallest absolute Gasteiger partial charge is 0.339 e. The summed E-state index contributed by atoms with van der Waals surface area (Å²) in [6.45, 7) is -0.792. The van der Waals surface area contributed by atoms with Crippen LogP contribution in [-0.2, 0) is 13.2 Å². The average molecular weight is 468 g/mol. The first-order valence-corrected chi connectivity index (χ1v) is 9.54. The molecule has 2 N–H and O–H groups in total. The van der Waals surface area contributed by atoms with Gasteiger partial charge in [0.15, 0.2) is 0 Å². The van der Waals surface area contributed by atoms with E-state index >= 15 is 0 Å². The van der Waals surface area contributed by atoms with Gasteiger partial charge in [-0.1, -0.05) is 24.3 Å². The number of carboxylic acids is 2. The maximum absolute atomic E-state index is 11.8. The second-order valence-electron chi connectivity index (χ2n) is 6.80. The predicted octanol–water partition coefficient (Wildman–Crippen LogP) is 4.06. The maximum Gasteiger partial charge on any atom is 0.339 e. The van der Waals surface area contributed by atoms with Crippen molar-refractivity contribution in [1.29, 1.82) is 0 Å². The van der Waals surface area contributed by atoms with Crippen molar-refractivity contribution in [2.75, 3.05) is 0 Å². The summed E-state index contributed by atoms with van der Waals surface area (Å²) in [4.78, 5) is 44.6. The van der Waals surface area contributed by atoms with Gasteiger partial charge in [0.1, 0.15) is 35.8 Å². The van der Waals surface area contributed by atoms with Crippen LogP contribution in [0, 0.1) is 20.2 Å². The lowest BCUT2D eigenvalue weighted by molar-refractivity contribution is -0.386. The molecule has 12 nitrogen and oxygen atoms in total. The summed E-state index contributed by atoms with van der Waals surface area (Å²) in [5, 5.41) is 41.5. The highest BCUT2D eigenvalue weighted by molar-refractivity contribution is 5.97. The minimum atomic E-state index is -1.47. The summed E-state index contributed by atoms with van der Waals surface area (Å²) in [6.07, 6.45) is 0. The zero-order valence-electron chi connectivity index (χ0n) is 17.2. The number of nitro groups is 2. The largest absolute Gasteiger partial charge is 0.488 e. The van der Waals surface area contributed by atoms with Crippen LogP contribution in [0.2, 0.25) is 0 Å². The second-order valence-corrected chi connectivity index (χ2v) is 6.80. The third kappa shape index (κ3) is 5.24. The van der Waals surface area contributed by atoms with E-state index < -0.39 is 46.1 Å². The topological polar surface area (TPSA) is 179 Å². The summed E-state index contributed by atoms with van der Waals surface area (Å²) >= 11 is 0. The Morgan fingerprint density at radius 2 is 1.06 bits per heavy atom. The molecule has 0 bridgehead atoms. The van der Waals surface area contributed by atoms with Crippen molar-refractivity contribution in [2.24, 2.45) is 0 Å². The van der Waals surface area contributed by atoms with Crippen molar-refractivity contribution in [1.82, 2.24) is 0 Å². The molecule has 3 rings (SSSR count). The Morgan fingerprint density at radius 1 is 0.706 bits per heavy atom. The number of para-hydroxylation sites is 2. The highest BCUT2D eigenvalue weighted by Crippen LogP contribution is 2.32. The molecule has 0 radical (unpaired) electrons. The molecular formula is C22H16N2O10. The normalized spacial score (nSPS) is 10.4. The SMILES string of the molecule is O=C(O)c1cc(OCc2ccccc2[N+](=O)[O-])c(C(=O)O)cc1OCc1ccccc1[N+](=O)[O-]. The van der Waals surface area contributed by atoms with Gasteiger partial charge in [0.2, 0.25) is 0 Å². The number of aromatic carboxylic acids is 2. The summed E-state index contributed by atoms with van der Waals surface area (Å²) in [5.41, 5.74) is -1.11. The van der Waals surface area contributed by atoms with Gasteiger partial charge in [-0.25, -0.2) is 9.59 Å². The third-order valence-corrected chi connectivity index (χ3v) is 4.69. The standard InChI is InChI=1S/C22H16N2O10/c25-21(26)15-10-20(34-12-14-6-2-4-8-18(14)24(31)32)16(22(27)28)9-19(15)33-11-13-5-1-3-7-17(13)23(29)30/h1-10H,11-12H2,(H,25,26)(H,27,28). The monoisotopic (exact) mass is 468 g/mol. The minimum Gasteiger partial charge on any atom is -0.488 e. The van der Waals surface area contributed by atoms with Gasteiger partial charge in [0.25, 0.3) is 11.4 Å². The van der Waals surface area contributed by atoms with E-state index in [1.165, 1.54) is 48.5 Å². The third-order valence-electron chi connectivity index (χ3n) is 4.69. The van der Waals surface area contributed by atoms with E-state index in [-0.39, 0.29) is 34.0 Å². The van der Waals surface area contributed by atoms with Crippen molar-refractivity contribution in [3.05, 3.63) is 103 Å². The van der Waals surface area contributed by atoms with Gasteiger partial charge in [-0.15, -0.1) is 0 Å². The van der Waals surface area contributed by atoms with Crippen LogP contribution in [0.25, 0.3) is 0 Å². The first-order chi connectivity index (χ1) is 16.2. The van der Waals surface area contributed by atoms with Crippen LogP contribution in [0.4, 0.5) is 11.4 Å². The van der Waals surface area contributed by atoms with E-state index in [1.807, 2.05) is 0 Å². The van der Waals surface area contributed by atoms with E-state index in [1.54, 1.807) is 0 Å². The summed E-state index contributed by atoms with van der Waals surface area (Å²) in [6, 6.07) is 13.2. The Labute approximate surface area is 190 Å². The molecule has 0 heterocycles. The number of ether oxygens (including phenoxy) is 2. The lowest BCUT2D eigenvalue weighted by Gasteiger charge is -2.15. The number of rotatable bonds is 10. The highest BCUT2D eigenvalue weighted by Gasteiger charge is 2.23. The van der Waals surface area contributed by atoms with Crippen LogP contribution >= 0.6 is 0 Å². The molecule has 0 aliphatic heterocycles. The number of nitro benzene ring substituents is 2. The molecule has 174 valence electrons. The van der Waals surface area contributed by atoms with Crippen LogP contribution < -0.4 is 9.47 Å². The summed E-state index contributed by atoms with van der Waals surface area (Å²) in [5.74, 6) is -3.63. The lowest BCUT2D eigenvalue weighted by Crippen LogP contribution is -2.10.